The Balaban J connectivity index is 2.42. The van der Waals surface area contributed by atoms with Crippen LogP contribution in [0.25, 0.3) is 11.1 Å². The SMILES string of the molecule is CCc1ccc(-c2ccc(C)cc2N)cc1. The van der Waals surface area contributed by atoms with Gasteiger partial charge in [0.05, 0.1) is 0 Å². The fourth-order valence-electron chi connectivity index (χ4n) is 1.87. The molecule has 0 saturated carbocycles. The molecular formula is C15H17N. The molecule has 0 heterocycles. The maximum absolute atomic E-state index is 6.02. The number of aryl methyl sites for hydroxylation is 2. The minimum absolute atomic E-state index is 0.851. The third-order valence-electron chi connectivity index (χ3n) is 2.88. The van der Waals surface area contributed by atoms with Crippen LogP contribution in [-0.2, 0) is 6.42 Å². The molecule has 2 N–H and O–H groups in total. The van der Waals surface area contributed by atoms with E-state index in [1.165, 1.54) is 16.7 Å². The lowest BCUT2D eigenvalue weighted by Gasteiger charge is -2.07. The average Bonchev–Trinajstić information content (AvgIpc) is 2.29. The zero-order valence-electron chi connectivity index (χ0n) is 9.83. The van der Waals surface area contributed by atoms with Crippen molar-refractivity contribution in [2.75, 3.05) is 5.73 Å². The van der Waals surface area contributed by atoms with Gasteiger partial charge in [-0.15, -0.1) is 0 Å². The lowest BCUT2D eigenvalue weighted by molar-refractivity contribution is 1.14. The third-order valence-corrected chi connectivity index (χ3v) is 2.88. The highest BCUT2D eigenvalue weighted by Gasteiger charge is 2.02. The lowest BCUT2D eigenvalue weighted by Crippen LogP contribution is -1.91. The van der Waals surface area contributed by atoms with Gasteiger partial charge in [-0.05, 0) is 36.1 Å². The van der Waals surface area contributed by atoms with Crippen LogP contribution in [-0.4, -0.2) is 0 Å². The Morgan fingerprint density at radius 1 is 1.00 bits per heavy atom. The van der Waals surface area contributed by atoms with E-state index in [-0.39, 0.29) is 0 Å². The largest absolute Gasteiger partial charge is 0.398 e. The summed E-state index contributed by atoms with van der Waals surface area (Å²) in [6, 6.07) is 14.8. The maximum atomic E-state index is 6.02. The molecule has 0 spiro atoms. The molecular weight excluding hydrogens is 194 g/mol. The van der Waals surface area contributed by atoms with Crippen LogP contribution in [0.1, 0.15) is 18.1 Å². The van der Waals surface area contributed by atoms with Crippen molar-refractivity contribution in [2.45, 2.75) is 20.3 Å². The average molecular weight is 211 g/mol. The molecule has 1 heteroatoms. The van der Waals surface area contributed by atoms with Crippen LogP contribution in [0.15, 0.2) is 42.5 Å². The molecule has 0 aliphatic carbocycles. The topological polar surface area (TPSA) is 26.0 Å². The van der Waals surface area contributed by atoms with Crippen LogP contribution in [0.2, 0.25) is 0 Å². The van der Waals surface area contributed by atoms with Crippen LogP contribution in [0.4, 0.5) is 5.69 Å². The van der Waals surface area contributed by atoms with Crippen molar-refractivity contribution in [3.63, 3.8) is 0 Å². The quantitative estimate of drug-likeness (QED) is 0.751. The van der Waals surface area contributed by atoms with Crippen molar-refractivity contribution in [3.05, 3.63) is 53.6 Å². The number of benzene rings is 2. The van der Waals surface area contributed by atoms with Gasteiger partial charge in [0.2, 0.25) is 0 Å². The van der Waals surface area contributed by atoms with Gasteiger partial charge >= 0.3 is 0 Å². The first-order valence-corrected chi connectivity index (χ1v) is 5.66. The first kappa shape index (κ1) is 10.7. The Kier molecular flexibility index (Phi) is 2.95. The second-order valence-electron chi connectivity index (χ2n) is 4.14. The van der Waals surface area contributed by atoms with E-state index in [9.17, 15) is 0 Å². The smallest absolute Gasteiger partial charge is 0.0396 e. The number of anilines is 1. The molecule has 0 unspecified atom stereocenters. The van der Waals surface area contributed by atoms with Crippen LogP contribution < -0.4 is 5.73 Å². The molecule has 0 aliphatic rings. The van der Waals surface area contributed by atoms with Gasteiger partial charge in [-0.1, -0.05) is 43.3 Å². The molecule has 0 aromatic heterocycles. The number of hydrogen-bond donors (Lipinski definition) is 1. The molecule has 0 bridgehead atoms. The van der Waals surface area contributed by atoms with E-state index < -0.39 is 0 Å². The van der Waals surface area contributed by atoms with Gasteiger partial charge in [-0.25, -0.2) is 0 Å². The second-order valence-corrected chi connectivity index (χ2v) is 4.14. The van der Waals surface area contributed by atoms with Crippen molar-refractivity contribution in [3.8, 4) is 11.1 Å². The maximum Gasteiger partial charge on any atom is 0.0396 e. The predicted molar refractivity (Wildman–Crippen MR) is 70.4 cm³/mol. The molecule has 0 fully saturated rings. The molecule has 0 amide bonds. The predicted octanol–water partition coefficient (Wildman–Crippen LogP) is 3.81. The highest BCUT2D eigenvalue weighted by Crippen LogP contribution is 2.26. The molecule has 2 aromatic carbocycles. The molecule has 0 aliphatic heterocycles. The summed E-state index contributed by atoms with van der Waals surface area (Å²) in [5.41, 5.74) is 11.7. The van der Waals surface area contributed by atoms with E-state index in [0.29, 0.717) is 0 Å². The van der Waals surface area contributed by atoms with Gasteiger partial charge in [0.25, 0.3) is 0 Å². The fraction of sp³-hybridized carbons (Fsp3) is 0.200. The van der Waals surface area contributed by atoms with Crippen LogP contribution in [0, 0.1) is 6.92 Å². The van der Waals surface area contributed by atoms with Gasteiger partial charge in [0.1, 0.15) is 0 Å². The molecule has 82 valence electrons. The number of rotatable bonds is 2. The van der Waals surface area contributed by atoms with Crippen molar-refractivity contribution < 1.29 is 0 Å². The first-order valence-electron chi connectivity index (χ1n) is 5.66. The summed E-state index contributed by atoms with van der Waals surface area (Å²) >= 11 is 0. The Bertz CT molecular complexity index is 483. The number of hydrogen-bond acceptors (Lipinski definition) is 1. The minimum Gasteiger partial charge on any atom is -0.398 e. The molecule has 2 rings (SSSR count). The molecule has 2 aromatic rings. The van der Waals surface area contributed by atoms with Crippen molar-refractivity contribution in [1.82, 2.24) is 0 Å². The summed E-state index contributed by atoms with van der Waals surface area (Å²) in [6.45, 7) is 4.22. The minimum atomic E-state index is 0.851. The lowest BCUT2D eigenvalue weighted by atomic mass is 10.0. The molecule has 16 heavy (non-hydrogen) atoms. The molecule has 0 radical (unpaired) electrons. The Morgan fingerprint density at radius 3 is 2.25 bits per heavy atom. The molecule has 0 atom stereocenters. The highest BCUT2D eigenvalue weighted by molar-refractivity contribution is 5.76. The molecule has 0 saturated heterocycles. The zero-order chi connectivity index (χ0) is 11.5. The number of nitrogen functional groups attached to an aromatic ring is 1. The van der Waals surface area contributed by atoms with E-state index in [1.807, 2.05) is 6.07 Å². The van der Waals surface area contributed by atoms with Gasteiger partial charge in [0.15, 0.2) is 0 Å². The highest BCUT2D eigenvalue weighted by atomic mass is 14.6. The Morgan fingerprint density at radius 2 is 1.69 bits per heavy atom. The third kappa shape index (κ3) is 2.08. The molecule has 1 nitrogen and oxygen atoms in total. The monoisotopic (exact) mass is 211 g/mol. The van der Waals surface area contributed by atoms with Gasteiger partial charge in [-0.2, -0.15) is 0 Å². The Labute approximate surface area is 96.9 Å². The van der Waals surface area contributed by atoms with E-state index in [1.54, 1.807) is 0 Å². The summed E-state index contributed by atoms with van der Waals surface area (Å²) in [5.74, 6) is 0. The summed E-state index contributed by atoms with van der Waals surface area (Å²) in [6.07, 6.45) is 1.07. The van der Waals surface area contributed by atoms with Crippen LogP contribution in [0.3, 0.4) is 0 Å². The fourth-order valence-corrected chi connectivity index (χ4v) is 1.87. The van der Waals surface area contributed by atoms with Gasteiger partial charge < -0.3 is 5.73 Å². The van der Waals surface area contributed by atoms with Crippen molar-refractivity contribution in [2.24, 2.45) is 0 Å². The Hall–Kier alpha value is -1.76. The van der Waals surface area contributed by atoms with Crippen LogP contribution >= 0.6 is 0 Å². The van der Waals surface area contributed by atoms with Gasteiger partial charge in [0, 0.05) is 11.3 Å². The summed E-state index contributed by atoms with van der Waals surface area (Å²) in [5, 5.41) is 0. The standard InChI is InChI=1S/C15H17N/c1-3-12-5-7-13(8-6-12)14-9-4-11(2)10-15(14)16/h4-10H,3,16H2,1-2H3. The second kappa shape index (κ2) is 4.40. The summed E-state index contributed by atoms with van der Waals surface area (Å²) in [7, 11) is 0. The van der Waals surface area contributed by atoms with E-state index in [4.69, 9.17) is 5.73 Å². The number of nitrogens with two attached hydrogens (primary N) is 1. The first-order chi connectivity index (χ1) is 7.70. The summed E-state index contributed by atoms with van der Waals surface area (Å²) in [4.78, 5) is 0. The normalized spacial score (nSPS) is 10.4. The zero-order valence-corrected chi connectivity index (χ0v) is 9.83. The van der Waals surface area contributed by atoms with Crippen LogP contribution in [0.5, 0.6) is 0 Å². The van der Waals surface area contributed by atoms with Crippen molar-refractivity contribution in [1.29, 1.82) is 0 Å². The van der Waals surface area contributed by atoms with Crippen molar-refractivity contribution >= 4 is 5.69 Å². The van der Waals surface area contributed by atoms with E-state index in [2.05, 4.69) is 50.2 Å². The van der Waals surface area contributed by atoms with E-state index >= 15 is 0 Å². The summed E-state index contributed by atoms with van der Waals surface area (Å²) < 4.78 is 0. The van der Waals surface area contributed by atoms with E-state index in [0.717, 1.165) is 17.7 Å². The van der Waals surface area contributed by atoms with Gasteiger partial charge in [-0.3, -0.25) is 0 Å².